The van der Waals surface area contributed by atoms with E-state index in [0.717, 1.165) is 25.7 Å². The highest BCUT2D eigenvalue weighted by Crippen LogP contribution is 2.06. The molecule has 0 saturated carbocycles. The van der Waals surface area contributed by atoms with Crippen LogP contribution in [0.2, 0.25) is 0 Å². The molecule has 0 aliphatic rings. The maximum absolute atomic E-state index is 12.0. The zero-order valence-electron chi connectivity index (χ0n) is 12.0. The van der Waals surface area contributed by atoms with Crippen molar-refractivity contribution in [2.24, 2.45) is 0 Å². The summed E-state index contributed by atoms with van der Waals surface area (Å²) < 4.78 is 4.88. The van der Waals surface area contributed by atoms with Gasteiger partial charge < -0.3 is 9.64 Å². The van der Waals surface area contributed by atoms with Crippen molar-refractivity contribution < 1.29 is 14.3 Å². The molecule has 0 aromatic carbocycles. The predicted molar refractivity (Wildman–Crippen MR) is 72.3 cm³/mol. The molecular weight excluding hydrogens is 230 g/mol. The Balaban J connectivity index is 4.05. The Labute approximate surface area is 111 Å². The molecule has 0 radical (unpaired) electrons. The van der Waals surface area contributed by atoms with Crippen molar-refractivity contribution in [2.45, 2.75) is 59.3 Å². The second-order valence-corrected chi connectivity index (χ2v) is 4.43. The monoisotopic (exact) mass is 257 g/mol. The predicted octanol–water partition coefficient (Wildman–Crippen LogP) is 2.76. The van der Waals surface area contributed by atoms with Crippen molar-refractivity contribution in [1.82, 2.24) is 4.90 Å². The van der Waals surface area contributed by atoms with Gasteiger partial charge in [0.15, 0.2) is 0 Å². The van der Waals surface area contributed by atoms with Crippen LogP contribution in [0.1, 0.15) is 59.3 Å². The summed E-state index contributed by atoms with van der Waals surface area (Å²) in [6.45, 7) is 7.01. The number of ether oxygens (including phenoxy) is 1. The van der Waals surface area contributed by atoms with Gasteiger partial charge >= 0.3 is 5.97 Å². The molecule has 0 atom stereocenters. The lowest BCUT2D eigenvalue weighted by molar-refractivity contribution is -0.149. The van der Waals surface area contributed by atoms with E-state index in [-0.39, 0.29) is 18.4 Å². The van der Waals surface area contributed by atoms with Crippen molar-refractivity contribution in [2.75, 3.05) is 19.7 Å². The zero-order chi connectivity index (χ0) is 13.8. The normalized spacial score (nSPS) is 10.2. The minimum atomic E-state index is -0.312. The first-order valence-corrected chi connectivity index (χ1v) is 7.09. The molecule has 0 saturated heterocycles. The minimum absolute atomic E-state index is 0.0704. The molecule has 0 spiro atoms. The number of hydrogen-bond donors (Lipinski definition) is 0. The fraction of sp³-hybridized carbons (Fsp3) is 0.857. The van der Waals surface area contributed by atoms with Crippen LogP contribution >= 0.6 is 0 Å². The molecule has 0 aromatic heterocycles. The molecule has 0 unspecified atom stereocenters. The molecule has 106 valence electrons. The summed E-state index contributed by atoms with van der Waals surface area (Å²) in [5.41, 5.74) is 0. The highest BCUT2D eigenvalue weighted by molar-refractivity contribution is 5.82. The molecule has 4 heteroatoms. The quantitative estimate of drug-likeness (QED) is 0.446. The molecular formula is C14H27NO3. The number of nitrogens with zero attached hydrogens (tertiary/aromatic N) is 1. The molecule has 0 aliphatic heterocycles. The average molecular weight is 257 g/mol. The summed E-state index contributed by atoms with van der Waals surface area (Å²) in [7, 11) is 0. The van der Waals surface area contributed by atoms with E-state index in [0.29, 0.717) is 19.6 Å². The standard InChI is InChI=1S/C14H27NO3/c1-4-7-8-9-10-13(16)15(11-5-2)12-14(17)18-6-3/h4-12H2,1-3H3. The van der Waals surface area contributed by atoms with E-state index in [4.69, 9.17) is 4.74 Å². The number of esters is 1. The Morgan fingerprint density at radius 1 is 1.00 bits per heavy atom. The van der Waals surface area contributed by atoms with Gasteiger partial charge in [-0.05, 0) is 19.8 Å². The van der Waals surface area contributed by atoms with E-state index in [1.165, 1.54) is 6.42 Å². The maximum Gasteiger partial charge on any atom is 0.325 e. The molecule has 18 heavy (non-hydrogen) atoms. The summed E-state index contributed by atoms with van der Waals surface area (Å²) in [6.07, 6.45) is 5.73. The van der Waals surface area contributed by atoms with Gasteiger partial charge in [0.25, 0.3) is 0 Å². The number of amides is 1. The van der Waals surface area contributed by atoms with Crippen LogP contribution in [0, 0.1) is 0 Å². The highest BCUT2D eigenvalue weighted by atomic mass is 16.5. The van der Waals surface area contributed by atoms with Crippen LogP contribution in [-0.2, 0) is 14.3 Å². The number of carbonyl (C=O) groups is 2. The lowest BCUT2D eigenvalue weighted by atomic mass is 10.1. The third-order valence-corrected chi connectivity index (χ3v) is 2.72. The zero-order valence-corrected chi connectivity index (χ0v) is 12.0. The molecule has 0 bridgehead atoms. The van der Waals surface area contributed by atoms with Crippen LogP contribution < -0.4 is 0 Å². The van der Waals surface area contributed by atoms with Crippen LogP contribution in [0.25, 0.3) is 0 Å². The topological polar surface area (TPSA) is 46.6 Å². The summed E-state index contributed by atoms with van der Waals surface area (Å²) in [5, 5.41) is 0. The van der Waals surface area contributed by atoms with Crippen LogP contribution in [-0.4, -0.2) is 36.5 Å². The van der Waals surface area contributed by atoms with E-state index in [2.05, 4.69) is 6.92 Å². The van der Waals surface area contributed by atoms with Crippen molar-refractivity contribution >= 4 is 11.9 Å². The molecule has 0 fully saturated rings. The highest BCUT2D eigenvalue weighted by Gasteiger charge is 2.16. The largest absolute Gasteiger partial charge is 0.465 e. The molecule has 4 nitrogen and oxygen atoms in total. The van der Waals surface area contributed by atoms with Gasteiger partial charge in [0.2, 0.25) is 5.91 Å². The first-order valence-electron chi connectivity index (χ1n) is 7.09. The summed E-state index contributed by atoms with van der Waals surface area (Å²) in [4.78, 5) is 25.0. The fourth-order valence-electron chi connectivity index (χ4n) is 1.79. The first-order chi connectivity index (χ1) is 8.65. The number of unbranched alkanes of at least 4 members (excludes halogenated alkanes) is 3. The Bertz CT molecular complexity index is 241. The Kier molecular flexibility index (Phi) is 10.4. The van der Waals surface area contributed by atoms with E-state index in [9.17, 15) is 9.59 Å². The van der Waals surface area contributed by atoms with Crippen molar-refractivity contribution in [3.05, 3.63) is 0 Å². The van der Waals surface area contributed by atoms with Gasteiger partial charge in [-0.25, -0.2) is 0 Å². The first kappa shape index (κ1) is 16.9. The molecule has 0 rings (SSSR count). The van der Waals surface area contributed by atoms with Crippen molar-refractivity contribution in [3.8, 4) is 0 Å². The van der Waals surface area contributed by atoms with Gasteiger partial charge in [0.05, 0.1) is 6.61 Å². The van der Waals surface area contributed by atoms with Gasteiger partial charge in [-0.3, -0.25) is 9.59 Å². The average Bonchev–Trinajstić information content (AvgIpc) is 2.34. The molecule has 1 amide bonds. The van der Waals surface area contributed by atoms with Gasteiger partial charge in [-0.15, -0.1) is 0 Å². The van der Waals surface area contributed by atoms with Gasteiger partial charge in [0.1, 0.15) is 6.54 Å². The lowest BCUT2D eigenvalue weighted by Crippen LogP contribution is -2.36. The Morgan fingerprint density at radius 2 is 1.72 bits per heavy atom. The Morgan fingerprint density at radius 3 is 2.28 bits per heavy atom. The van der Waals surface area contributed by atoms with Crippen molar-refractivity contribution in [3.63, 3.8) is 0 Å². The van der Waals surface area contributed by atoms with Crippen LogP contribution in [0.3, 0.4) is 0 Å². The van der Waals surface area contributed by atoms with E-state index in [1.54, 1.807) is 11.8 Å². The molecule has 0 heterocycles. The van der Waals surface area contributed by atoms with Gasteiger partial charge in [-0.2, -0.15) is 0 Å². The number of carbonyl (C=O) groups excluding carboxylic acids is 2. The van der Waals surface area contributed by atoms with Gasteiger partial charge in [0, 0.05) is 13.0 Å². The summed E-state index contributed by atoms with van der Waals surface area (Å²) in [6, 6.07) is 0. The molecule has 0 N–H and O–H groups in total. The number of rotatable bonds is 10. The van der Waals surface area contributed by atoms with Crippen molar-refractivity contribution in [1.29, 1.82) is 0 Å². The SMILES string of the molecule is CCCCCCC(=O)N(CCC)CC(=O)OCC. The minimum Gasteiger partial charge on any atom is -0.465 e. The van der Waals surface area contributed by atoms with E-state index >= 15 is 0 Å². The number of hydrogen-bond acceptors (Lipinski definition) is 3. The fourth-order valence-corrected chi connectivity index (χ4v) is 1.79. The summed E-state index contributed by atoms with van der Waals surface area (Å²) >= 11 is 0. The van der Waals surface area contributed by atoms with E-state index < -0.39 is 0 Å². The third kappa shape index (κ3) is 8.09. The summed E-state index contributed by atoms with van der Waals surface area (Å²) in [5.74, 6) is -0.242. The third-order valence-electron chi connectivity index (χ3n) is 2.72. The molecule has 0 aliphatic carbocycles. The van der Waals surface area contributed by atoms with Crippen LogP contribution in [0.15, 0.2) is 0 Å². The molecule has 0 aromatic rings. The van der Waals surface area contributed by atoms with Crippen LogP contribution in [0.4, 0.5) is 0 Å². The van der Waals surface area contributed by atoms with E-state index in [1.807, 2.05) is 6.92 Å². The second-order valence-electron chi connectivity index (χ2n) is 4.43. The van der Waals surface area contributed by atoms with Gasteiger partial charge in [-0.1, -0.05) is 33.1 Å². The second kappa shape index (κ2) is 11.1. The maximum atomic E-state index is 12.0. The Hall–Kier alpha value is -1.06. The smallest absolute Gasteiger partial charge is 0.325 e. The van der Waals surface area contributed by atoms with Crippen LogP contribution in [0.5, 0.6) is 0 Å². The lowest BCUT2D eigenvalue weighted by Gasteiger charge is -2.21.